The summed E-state index contributed by atoms with van der Waals surface area (Å²) in [6.07, 6.45) is 7.22. The normalized spacial score (nSPS) is 8.75. The molecule has 0 bridgehead atoms. The van der Waals surface area contributed by atoms with Crippen molar-refractivity contribution < 1.29 is 34.2 Å². The zero-order chi connectivity index (χ0) is 9.97. The van der Waals surface area contributed by atoms with Gasteiger partial charge in [-0.1, -0.05) is 9.35 Å². The minimum atomic E-state index is 0. The van der Waals surface area contributed by atoms with E-state index in [1.165, 1.54) is 9.35 Å². The molecule has 0 atom stereocenters. The van der Waals surface area contributed by atoms with Crippen molar-refractivity contribution in [2.75, 3.05) is 11.7 Å². The molecule has 0 amide bonds. The van der Waals surface area contributed by atoms with E-state index in [1.54, 1.807) is 24.8 Å². The first-order valence-electron chi connectivity index (χ1n) is 4.29. The molecule has 2 aromatic heterocycles. The fraction of sp³-hybridized carbons (Fsp3) is 0. The lowest BCUT2D eigenvalue weighted by Crippen LogP contribution is -3.00. The van der Waals surface area contributed by atoms with Gasteiger partial charge in [-0.2, -0.15) is 0 Å². The molecule has 0 saturated heterocycles. The molecule has 4 N–H and O–H groups in total. The lowest BCUT2D eigenvalue weighted by atomic mass is 10.1. The third-order valence-electron chi connectivity index (χ3n) is 2.04. The van der Waals surface area contributed by atoms with Gasteiger partial charge in [0, 0.05) is 24.3 Å². The topological polar surface area (TPSA) is 59.8 Å². The molecule has 0 aliphatic carbocycles. The van der Waals surface area contributed by atoms with Gasteiger partial charge in [-0.05, 0) is 11.1 Å². The highest BCUT2D eigenvalue weighted by atomic mass is 35.5. The molecule has 0 aliphatic rings. The molecule has 0 radical (unpaired) electrons. The Kier molecular flexibility index (Phi) is 5.56. The molecule has 2 heterocycles. The summed E-state index contributed by atoms with van der Waals surface area (Å²) in [4.78, 5) is 0. The number of hydrogen-bond donors (Lipinski definition) is 2. The third-order valence-corrected chi connectivity index (χ3v) is 2.04. The highest BCUT2D eigenvalue weighted by molar-refractivity contribution is 5.60. The van der Waals surface area contributed by atoms with Crippen LogP contribution in [0.3, 0.4) is 0 Å². The van der Waals surface area contributed by atoms with Gasteiger partial charge in [0.1, 0.15) is 0 Å². The number of nitrogen functional groups attached to an aromatic ring is 2. The van der Waals surface area contributed by atoms with Gasteiger partial charge >= 0.3 is 0 Å². The van der Waals surface area contributed by atoms with Crippen molar-refractivity contribution in [3.8, 4) is 11.1 Å². The Labute approximate surface area is 106 Å². The van der Waals surface area contributed by atoms with E-state index >= 15 is 0 Å². The minimum absolute atomic E-state index is 0. The Bertz CT molecular complexity index is 384. The smallest absolute Gasteiger partial charge is 0.199 e. The van der Waals surface area contributed by atoms with Crippen LogP contribution in [0.1, 0.15) is 0 Å². The molecule has 6 heteroatoms. The predicted octanol–water partition coefficient (Wildman–Crippen LogP) is -6.64. The average Bonchev–Trinajstić information content (AvgIpc) is 2.21. The largest absolute Gasteiger partial charge is 1.00 e. The predicted molar refractivity (Wildman–Crippen MR) is 52.6 cm³/mol. The molecule has 4 nitrogen and oxygen atoms in total. The van der Waals surface area contributed by atoms with Crippen LogP contribution in [-0.2, 0) is 0 Å². The number of nitrogens with two attached hydrogens (primary N) is 2. The second kappa shape index (κ2) is 6.15. The monoisotopic (exact) mass is 258 g/mol. The van der Waals surface area contributed by atoms with Gasteiger partial charge in [0.05, 0.1) is 0 Å². The van der Waals surface area contributed by atoms with Crippen LogP contribution >= 0.6 is 0 Å². The quantitative estimate of drug-likeness (QED) is 0.395. The van der Waals surface area contributed by atoms with Crippen molar-refractivity contribution in [2.24, 2.45) is 0 Å². The van der Waals surface area contributed by atoms with Gasteiger partial charge in [0.2, 0.25) is 0 Å². The highest BCUT2D eigenvalue weighted by Gasteiger charge is 2.01. The molecule has 0 spiro atoms. The van der Waals surface area contributed by atoms with Crippen LogP contribution in [0.2, 0.25) is 0 Å². The van der Waals surface area contributed by atoms with Gasteiger partial charge in [-0.15, -0.1) is 0 Å². The molecule has 0 saturated carbocycles. The summed E-state index contributed by atoms with van der Waals surface area (Å²) in [6, 6.07) is 7.82. The van der Waals surface area contributed by atoms with Gasteiger partial charge in [0.25, 0.3) is 0 Å². The zero-order valence-electron chi connectivity index (χ0n) is 8.42. The Morgan fingerprint density at radius 2 is 0.875 bits per heavy atom. The lowest BCUT2D eigenvalue weighted by molar-refractivity contribution is -0.639. The molecule has 0 unspecified atom stereocenters. The second-order valence-corrected chi connectivity index (χ2v) is 3.07. The first kappa shape index (κ1) is 14.5. The molecular weight excluding hydrogens is 247 g/mol. The molecule has 16 heavy (non-hydrogen) atoms. The lowest BCUT2D eigenvalue weighted by Gasteiger charge is -1.96. The van der Waals surface area contributed by atoms with E-state index in [4.69, 9.17) is 11.7 Å². The second-order valence-electron chi connectivity index (χ2n) is 3.07. The minimum Gasteiger partial charge on any atom is -1.00 e. The summed E-state index contributed by atoms with van der Waals surface area (Å²) in [5, 5.41) is 0. The van der Waals surface area contributed by atoms with E-state index in [9.17, 15) is 0 Å². The van der Waals surface area contributed by atoms with E-state index < -0.39 is 0 Å². The van der Waals surface area contributed by atoms with Gasteiger partial charge in [0.15, 0.2) is 24.8 Å². The van der Waals surface area contributed by atoms with Crippen LogP contribution in [0.4, 0.5) is 0 Å². The summed E-state index contributed by atoms with van der Waals surface area (Å²) >= 11 is 0. The summed E-state index contributed by atoms with van der Waals surface area (Å²) in [5.41, 5.74) is 2.24. The number of rotatable bonds is 1. The molecule has 2 rings (SSSR count). The maximum Gasteiger partial charge on any atom is 0.199 e. The van der Waals surface area contributed by atoms with Crippen LogP contribution in [0.15, 0.2) is 49.1 Å². The molecule has 0 aromatic carbocycles. The van der Waals surface area contributed by atoms with Crippen molar-refractivity contribution in [3.63, 3.8) is 0 Å². The van der Waals surface area contributed by atoms with Crippen molar-refractivity contribution in [1.82, 2.24) is 0 Å². The number of hydrogen-bond acceptors (Lipinski definition) is 2. The maximum absolute atomic E-state index is 5.52. The number of halogens is 2. The molecular formula is C10H12Cl2N4. The molecule has 2 aromatic rings. The van der Waals surface area contributed by atoms with Crippen LogP contribution in [-0.4, -0.2) is 0 Å². The van der Waals surface area contributed by atoms with E-state index in [0.29, 0.717) is 0 Å². The first-order valence-corrected chi connectivity index (χ1v) is 4.29. The summed E-state index contributed by atoms with van der Waals surface area (Å²) in [5.74, 6) is 11.0. The number of aromatic nitrogens is 2. The van der Waals surface area contributed by atoms with Crippen LogP contribution in [0.5, 0.6) is 0 Å². The Morgan fingerprint density at radius 1 is 0.625 bits per heavy atom. The van der Waals surface area contributed by atoms with Crippen molar-refractivity contribution in [2.45, 2.75) is 0 Å². The van der Waals surface area contributed by atoms with Gasteiger partial charge < -0.3 is 24.8 Å². The van der Waals surface area contributed by atoms with Gasteiger partial charge in [-0.3, -0.25) is 0 Å². The fourth-order valence-corrected chi connectivity index (χ4v) is 1.26. The maximum atomic E-state index is 5.52. The zero-order valence-corrected chi connectivity index (χ0v) is 9.94. The van der Waals surface area contributed by atoms with E-state index in [2.05, 4.69) is 0 Å². The molecule has 86 valence electrons. The number of pyridine rings is 2. The first-order chi connectivity index (χ1) is 6.75. The Hall–Kier alpha value is -1.52. The fourth-order valence-electron chi connectivity index (χ4n) is 1.26. The van der Waals surface area contributed by atoms with Crippen molar-refractivity contribution in [3.05, 3.63) is 49.1 Å². The van der Waals surface area contributed by atoms with Crippen molar-refractivity contribution >= 4 is 0 Å². The Morgan fingerprint density at radius 3 is 1.12 bits per heavy atom. The van der Waals surface area contributed by atoms with E-state index in [0.717, 1.165) is 11.1 Å². The highest BCUT2D eigenvalue weighted by Crippen LogP contribution is 2.14. The summed E-state index contributed by atoms with van der Waals surface area (Å²) in [7, 11) is 0. The van der Waals surface area contributed by atoms with Crippen LogP contribution < -0.4 is 45.9 Å². The van der Waals surface area contributed by atoms with E-state index in [-0.39, 0.29) is 24.8 Å². The Balaban J connectivity index is 0.00000112. The molecule has 0 fully saturated rings. The summed E-state index contributed by atoms with van der Waals surface area (Å²) < 4.78 is 3.02. The number of nitrogens with zero attached hydrogens (tertiary/aromatic N) is 2. The van der Waals surface area contributed by atoms with Crippen LogP contribution in [0, 0.1) is 0 Å². The third kappa shape index (κ3) is 3.25. The standard InChI is InChI=1S/C10H11N4.2ClH/c11-13-5-1-9(2-6-13)10-3-7-14(12)8-4-10;;/h1-8,11H,12H2;2*1H/q+1;;/p-1. The molecule has 0 aliphatic heterocycles. The van der Waals surface area contributed by atoms with Crippen molar-refractivity contribution in [1.29, 1.82) is 0 Å². The SMILES string of the molecule is N[n+]1ccc(-c2cc[n+](N)cc2)cc1.[Cl-].[Cl-]. The summed E-state index contributed by atoms with van der Waals surface area (Å²) in [6.45, 7) is 0. The van der Waals surface area contributed by atoms with Crippen LogP contribution in [0.25, 0.3) is 11.1 Å². The van der Waals surface area contributed by atoms with E-state index in [1.807, 2.05) is 24.3 Å². The van der Waals surface area contributed by atoms with Gasteiger partial charge in [-0.25, -0.2) is 11.7 Å². The average molecular weight is 259 g/mol.